The summed E-state index contributed by atoms with van der Waals surface area (Å²) in [6.45, 7) is 3.95. The van der Waals surface area contributed by atoms with Gasteiger partial charge in [-0.1, -0.05) is 6.92 Å². The molecule has 4 nitrogen and oxygen atoms in total. The van der Waals surface area contributed by atoms with E-state index in [9.17, 15) is 4.79 Å². The lowest BCUT2D eigenvalue weighted by Crippen LogP contribution is -2.33. The molecule has 2 rings (SSSR count). The van der Waals surface area contributed by atoms with E-state index in [1.807, 2.05) is 19.9 Å². The topological polar surface area (TPSA) is 68.0 Å². The number of terminal acetylenes is 1. The minimum absolute atomic E-state index is 0.0221. The molecule has 5 heteroatoms. The van der Waals surface area contributed by atoms with Gasteiger partial charge >= 0.3 is 0 Å². The number of anilines is 1. The molecule has 0 spiro atoms. The Morgan fingerprint density at radius 2 is 2.40 bits per heavy atom. The summed E-state index contributed by atoms with van der Waals surface area (Å²) in [7, 11) is 0. The normalized spacial score (nSPS) is 12.1. The van der Waals surface area contributed by atoms with Crippen molar-refractivity contribution >= 4 is 33.1 Å². The van der Waals surface area contributed by atoms with Gasteiger partial charge in [0, 0.05) is 24.0 Å². The molecule has 0 aliphatic rings. The van der Waals surface area contributed by atoms with Crippen LogP contribution >= 0.6 is 11.3 Å². The Hall–Kier alpha value is -2.06. The molecule has 0 bridgehead atoms. The number of fused-ring (bicyclic) bond motifs is 1. The zero-order valence-corrected chi connectivity index (χ0v) is 12.4. The maximum Gasteiger partial charge on any atom is 0.263 e. The number of carbonyl (C=O) groups is 1. The number of nitrogens with one attached hydrogen (secondary N) is 1. The van der Waals surface area contributed by atoms with E-state index < -0.39 is 0 Å². The van der Waals surface area contributed by atoms with Crippen molar-refractivity contribution < 1.29 is 4.79 Å². The van der Waals surface area contributed by atoms with Crippen LogP contribution < -0.4 is 11.1 Å². The second-order valence-electron chi connectivity index (χ2n) is 4.64. The second-order valence-corrected chi connectivity index (χ2v) is 5.64. The van der Waals surface area contributed by atoms with Gasteiger partial charge in [-0.05, 0) is 25.0 Å². The van der Waals surface area contributed by atoms with Crippen molar-refractivity contribution in [3.8, 4) is 12.3 Å². The number of aryl methyl sites for hydroxylation is 1. The van der Waals surface area contributed by atoms with Gasteiger partial charge < -0.3 is 11.1 Å². The van der Waals surface area contributed by atoms with Gasteiger partial charge in [0.1, 0.15) is 9.71 Å². The summed E-state index contributed by atoms with van der Waals surface area (Å²) >= 11 is 1.32. The fourth-order valence-electron chi connectivity index (χ4n) is 2.06. The van der Waals surface area contributed by atoms with Gasteiger partial charge in [-0.2, -0.15) is 0 Å². The molecule has 1 atom stereocenters. The molecule has 2 aromatic heterocycles. The van der Waals surface area contributed by atoms with E-state index in [4.69, 9.17) is 12.2 Å². The molecule has 0 radical (unpaired) electrons. The third kappa shape index (κ3) is 2.61. The third-order valence-electron chi connectivity index (χ3n) is 3.24. The molecule has 0 aliphatic carbocycles. The second kappa shape index (κ2) is 5.93. The maximum absolute atomic E-state index is 12.3. The number of nitrogens with zero attached hydrogens (tertiary/aromatic N) is 1. The largest absolute Gasteiger partial charge is 0.397 e. The molecule has 0 aromatic carbocycles. The molecule has 20 heavy (non-hydrogen) atoms. The molecule has 1 unspecified atom stereocenters. The number of amides is 1. The number of nitrogen functional groups attached to an aromatic ring is 1. The van der Waals surface area contributed by atoms with Crippen LogP contribution in [-0.4, -0.2) is 16.9 Å². The Bertz CT molecular complexity index is 684. The third-order valence-corrected chi connectivity index (χ3v) is 4.35. The van der Waals surface area contributed by atoms with Crippen LogP contribution in [0.15, 0.2) is 12.3 Å². The van der Waals surface area contributed by atoms with E-state index in [-0.39, 0.29) is 11.9 Å². The van der Waals surface area contributed by atoms with E-state index in [2.05, 4.69) is 16.2 Å². The standard InChI is InChI=1S/C15H17N3OS/c1-4-6-10(5-2)18-14(19)13-12(16)11-9(3)7-8-17-15(11)20-13/h1,7-8,10H,5-6,16H2,2-3H3,(H,18,19). The summed E-state index contributed by atoms with van der Waals surface area (Å²) in [5, 5.41) is 3.79. The lowest BCUT2D eigenvalue weighted by Gasteiger charge is -2.13. The highest BCUT2D eigenvalue weighted by molar-refractivity contribution is 7.21. The van der Waals surface area contributed by atoms with Gasteiger partial charge in [0.25, 0.3) is 5.91 Å². The molecular formula is C15H17N3OS. The molecule has 0 fully saturated rings. The first kappa shape index (κ1) is 14.4. The van der Waals surface area contributed by atoms with Crippen molar-refractivity contribution in [1.29, 1.82) is 0 Å². The monoisotopic (exact) mass is 287 g/mol. The number of carbonyl (C=O) groups excluding carboxylic acids is 1. The number of pyridine rings is 1. The number of thiophene rings is 1. The van der Waals surface area contributed by atoms with Gasteiger partial charge in [0.15, 0.2) is 0 Å². The van der Waals surface area contributed by atoms with E-state index >= 15 is 0 Å². The predicted octanol–water partition coefficient (Wildman–Crippen LogP) is 2.72. The summed E-state index contributed by atoms with van der Waals surface area (Å²) in [5.41, 5.74) is 7.63. The van der Waals surface area contributed by atoms with Crippen LogP contribution in [0.1, 0.15) is 35.0 Å². The lowest BCUT2D eigenvalue weighted by atomic mass is 10.1. The van der Waals surface area contributed by atoms with E-state index in [1.54, 1.807) is 6.20 Å². The molecule has 2 heterocycles. The zero-order valence-electron chi connectivity index (χ0n) is 11.6. The minimum atomic E-state index is -0.174. The lowest BCUT2D eigenvalue weighted by molar-refractivity contribution is 0.0941. The summed E-state index contributed by atoms with van der Waals surface area (Å²) < 4.78 is 0. The average Bonchev–Trinajstić information content (AvgIpc) is 2.77. The van der Waals surface area contributed by atoms with Gasteiger partial charge in [0.2, 0.25) is 0 Å². The van der Waals surface area contributed by atoms with Crippen LogP contribution in [0.25, 0.3) is 10.2 Å². The molecule has 1 amide bonds. The SMILES string of the molecule is C#CCC(CC)NC(=O)c1sc2nccc(C)c2c1N. The van der Waals surface area contributed by atoms with Crippen molar-refractivity contribution in [1.82, 2.24) is 10.3 Å². The summed E-state index contributed by atoms with van der Waals surface area (Å²) in [5.74, 6) is 2.40. The molecular weight excluding hydrogens is 270 g/mol. The highest BCUT2D eigenvalue weighted by Gasteiger charge is 2.20. The van der Waals surface area contributed by atoms with Crippen molar-refractivity contribution in [2.45, 2.75) is 32.7 Å². The van der Waals surface area contributed by atoms with Crippen molar-refractivity contribution in [3.05, 3.63) is 22.7 Å². The summed E-state index contributed by atoms with van der Waals surface area (Å²) in [6, 6.07) is 1.87. The first-order valence-electron chi connectivity index (χ1n) is 6.46. The van der Waals surface area contributed by atoms with Gasteiger partial charge in [-0.15, -0.1) is 23.7 Å². The first-order valence-corrected chi connectivity index (χ1v) is 7.28. The van der Waals surface area contributed by atoms with Crippen LogP contribution in [0.2, 0.25) is 0 Å². The smallest absolute Gasteiger partial charge is 0.263 e. The Kier molecular flexibility index (Phi) is 4.26. The quantitative estimate of drug-likeness (QED) is 0.850. The molecule has 104 valence electrons. The summed E-state index contributed by atoms with van der Waals surface area (Å²) in [6.07, 6.45) is 8.33. The van der Waals surface area contributed by atoms with Crippen LogP contribution in [-0.2, 0) is 0 Å². The van der Waals surface area contributed by atoms with Crippen LogP contribution in [0, 0.1) is 19.3 Å². The first-order chi connectivity index (χ1) is 9.58. The Morgan fingerprint density at radius 3 is 3.00 bits per heavy atom. The number of nitrogens with two attached hydrogens (primary N) is 1. The zero-order chi connectivity index (χ0) is 14.7. The molecule has 0 aliphatic heterocycles. The molecule has 3 N–H and O–H groups in total. The van der Waals surface area contributed by atoms with E-state index in [0.29, 0.717) is 17.0 Å². The predicted molar refractivity (Wildman–Crippen MR) is 83.8 cm³/mol. The van der Waals surface area contributed by atoms with Crippen molar-refractivity contribution in [2.24, 2.45) is 0 Å². The van der Waals surface area contributed by atoms with E-state index in [0.717, 1.165) is 22.2 Å². The summed E-state index contributed by atoms with van der Waals surface area (Å²) in [4.78, 5) is 17.9. The Labute approximate surface area is 122 Å². The maximum atomic E-state index is 12.3. The molecule has 2 aromatic rings. The minimum Gasteiger partial charge on any atom is -0.397 e. The number of rotatable bonds is 4. The fraction of sp³-hybridized carbons (Fsp3) is 0.333. The molecule has 0 saturated carbocycles. The van der Waals surface area contributed by atoms with Crippen molar-refractivity contribution in [2.75, 3.05) is 5.73 Å². The highest BCUT2D eigenvalue weighted by atomic mass is 32.1. The fourth-order valence-corrected chi connectivity index (χ4v) is 3.11. The van der Waals surface area contributed by atoms with Gasteiger partial charge in [-0.25, -0.2) is 4.98 Å². The average molecular weight is 287 g/mol. The number of hydrogen-bond acceptors (Lipinski definition) is 4. The van der Waals surface area contributed by atoms with E-state index in [1.165, 1.54) is 11.3 Å². The van der Waals surface area contributed by atoms with Crippen molar-refractivity contribution in [3.63, 3.8) is 0 Å². The van der Waals surface area contributed by atoms with Crippen LogP contribution in [0.4, 0.5) is 5.69 Å². The highest BCUT2D eigenvalue weighted by Crippen LogP contribution is 2.34. The molecule has 0 saturated heterocycles. The van der Waals surface area contributed by atoms with Gasteiger partial charge in [-0.3, -0.25) is 4.79 Å². The number of aromatic nitrogens is 1. The van der Waals surface area contributed by atoms with Gasteiger partial charge in [0.05, 0.1) is 5.69 Å². The van der Waals surface area contributed by atoms with Crippen LogP contribution in [0.5, 0.6) is 0 Å². The Balaban J connectivity index is 2.34. The van der Waals surface area contributed by atoms with Crippen LogP contribution in [0.3, 0.4) is 0 Å². The number of hydrogen-bond donors (Lipinski definition) is 2. The Morgan fingerprint density at radius 1 is 1.65 bits per heavy atom.